The molecule has 1 aromatic carbocycles. The van der Waals surface area contributed by atoms with Gasteiger partial charge in [0.15, 0.2) is 5.96 Å². The smallest absolute Gasteiger partial charge is 0.188 e. The van der Waals surface area contributed by atoms with Crippen molar-refractivity contribution >= 4 is 29.9 Å². The highest BCUT2D eigenvalue weighted by Gasteiger charge is 2.19. The monoisotopic (exact) mass is 460 g/mol. The van der Waals surface area contributed by atoms with E-state index in [0.717, 1.165) is 31.9 Å². The van der Waals surface area contributed by atoms with E-state index in [4.69, 9.17) is 10.5 Å². The molecular weight excluding hydrogens is 427 g/mol. The van der Waals surface area contributed by atoms with Gasteiger partial charge < -0.3 is 15.8 Å². The maximum atomic E-state index is 5.95. The van der Waals surface area contributed by atoms with E-state index >= 15 is 0 Å². The number of halogens is 1. The van der Waals surface area contributed by atoms with Gasteiger partial charge in [-0.1, -0.05) is 12.1 Å². The number of nitrogens with zero attached hydrogens (tertiary/aromatic N) is 2. The Balaban J connectivity index is 0.00000312. The van der Waals surface area contributed by atoms with Crippen LogP contribution < -0.4 is 15.8 Å². The van der Waals surface area contributed by atoms with Gasteiger partial charge in [-0.15, -0.1) is 24.0 Å². The van der Waals surface area contributed by atoms with Crippen LogP contribution in [0.4, 0.5) is 0 Å². The molecule has 1 fully saturated rings. The summed E-state index contributed by atoms with van der Waals surface area (Å²) in [6.07, 6.45) is 2.37. The molecule has 1 aromatic rings. The molecule has 0 atom stereocenters. The van der Waals surface area contributed by atoms with Crippen molar-refractivity contribution < 1.29 is 4.74 Å². The van der Waals surface area contributed by atoms with Crippen LogP contribution in [0.1, 0.15) is 39.2 Å². The third-order valence-electron chi connectivity index (χ3n) is 4.30. The Bertz CT molecular complexity index is 531. The van der Waals surface area contributed by atoms with E-state index in [1.54, 1.807) is 7.11 Å². The number of hydrogen-bond acceptors (Lipinski definition) is 3. The van der Waals surface area contributed by atoms with Crippen LogP contribution in [-0.2, 0) is 6.54 Å². The van der Waals surface area contributed by atoms with Crippen LogP contribution in [0.2, 0.25) is 0 Å². The van der Waals surface area contributed by atoms with Crippen LogP contribution in [0.3, 0.4) is 0 Å². The van der Waals surface area contributed by atoms with Crippen LogP contribution in [-0.4, -0.2) is 43.1 Å². The molecule has 3 N–H and O–H groups in total. The molecule has 2 rings (SSSR count). The number of nitrogens with two attached hydrogens (primary N) is 1. The highest BCUT2D eigenvalue weighted by atomic mass is 127. The molecule has 1 aliphatic heterocycles. The first-order valence-corrected chi connectivity index (χ1v) is 8.79. The Kier molecular flexibility index (Phi) is 8.99. The van der Waals surface area contributed by atoms with E-state index in [0.29, 0.717) is 11.9 Å². The van der Waals surface area contributed by atoms with Gasteiger partial charge in [-0.3, -0.25) is 9.89 Å². The minimum Gasteiger partial charge on any atom is -0.497 e. The zero-order valence-electron chi connectivity index (χ0n) is 15.9. The zero-order valence-corrected chi connectivity index (χ0v) is 18.2. The number of guanidine groups is 1. The lowest BCUT2D eigenvalue weighted by atomic mass is 9.96. The van der Waals surface area contributed by atoms with Crippen molar-refractivity contribution in [1.82, 2.24) is 10.2 Å². The predicted molar refractivity (Wildman–Crippen MR) is 116 cm³/mol. The molecule has 1 aliphatic rings. The zero-order chi connectivity index (χ0) is 17.6. The number of likely N-dealkylation sites (tertiary alicyclic amines) is 1. The van der Waals surface area contributed by atoms with Crippen LogP contribution in [0.5, 0.6) is 5.75 Å². The van der Waals surface area contributed by atoms with Gasteiger partial charge in [0.05, 0.1) is 7.11 Å². The van der Waals surface area contributed by atoms with Crippen LogP contribution >= 0.6 is 24.0 Å². The van der Waals surface area contributed by atoms with Crippen molar-refractivity contribution in [1.29, 1.82) is 0 Å². The molecule has 0 saturated carbocycles. The molecule has 142 valence electrons. The normalized spacial score (nSPS) is 17.0. The molecule has 0 amide bonds. The number of hydrogen-bond donors (Lipinski definition) is 2. The second-order valence-corrected chi connectivity index (χ2v) is 7.67. The van der Waals surface area contributed by atoms with Crippen LogP contribution in [0.25, 0.3) is 0 Å². The molecule has 25 heavy (non-hydrogen) atoms. The first kappa shape index (κ1) is 22.0. The fourth-order valence-corrected chi connectivity index (χ4v) is 2.97. The van der Waals surface area contributed by atoms with E-state index in [2.05, 4.69) is 48.1 Å². The lowest BCUT2D eigenvalue weighted by Crippen LogP contribution is -2.45. The number of nitrogens with one attached hydrogen (secondary N) is 1. The average molecular weight is 460 g/mol. The van der Waals surface area contributed by atoms with Crippen molar-refractivity contribution in [3.63, 3.8) is 0 Å². The minimum absolute atomic E-state index is 0. The third-order valence-corrected chi connectivity index (χ3v) is 4.30. The molecule has 0 unspecified atom stereocenters. The molecule has 5 nitrogen and oxygen atoms in total. The lowest BCUT2D eigenvalue weighted by Gasteiger charge is -2.31. The maximum absolute atomic E-state index is 5.95. The van der Waals surface area contributed by atoms with Gasteiger partial charge in [0.25, 0.3) is 0 Å². The van der Waals surface area contributed by atoms with E-state index in [1.807, 2.05) is 12.1 Å². The summed E-state index contributed by atoms with van der Waals surface area (Å²) >= 11 is 0. The number of aliphatic imine (C=N–C) groups is 1. The fourth-order valence-electron chi connectivity index (χ4n) is 2.97. The lowest BCUT2D eigenvalue weighted by molar-refractivity contribution is 0.180. The highest BCUT2D eigenvalue weighted by Crippen LogP contribution is 2.20. The molecular formula is C19H33IN4O. The second kappa shape index (κ2) is 10.2. The molecule has 1 saturated heterocycles. The van der Waals surface area contributed by atoms with Gasteiger partial charge in [-0.2, -0.15) is 0 Å². The van der Waals surface area contributed by atoms with Crippen molar-refractivity contribution in [2.24, 2.45) is 16.6 Å². The summed E-state index contributed by atoms with van der Waals surface area (Å²) in [5, 5.41) is 3.22. The summed E-state index contributed by atoms with van der Waals surface area (Å²) in [7, 11) is 1.70. The molecule has 0 aromatic heterocycles. The Labute approximate surface area is 169 Å². The first-order valence-electron chi connectivity index (χ1n) is 8.79. The van der Waals surface area contributed by atoms with Crippen molar-refractivity contribution in [3.8, 4) is 5.75 Å². The highest BCUT2D eigenvalue weighted by molar-refractivity contribution is 14.0. The number of benzene rings is 1. The Morgan fingerprint density at radius 1 is 1.24 bits per heavy atom. The number of methoxy groups -OCH3 is 1. The van der Waals surface area contributed by atoms with E-state index < -0.39 is 0 Å². The molecule has 0 spiro atoms. The van der Waals surface area contributed by atoms with Crippen LogP contribution in [0, 0.1) is 5.92 Å². The molecule has 0 bridgehead atoms. The summed E-state index contributed by atoms with van der Waals surface area (Å²) in [4.78, 5) is 7.02. The number of ether oxygens (including phenoxy) is 1. The first-order chi connectivity index (χ1) is 11.4. The number of piperidine rings is 1. The van der Waals surface area contributed by atoms with Gasteiger partial charge in [-0.05, 0) is 70.3 Å². The minimum atomic E-state index is -0.0324. The molecule has 0 aliphatic carbocycles. The van der Waals surface area contributed by atoms with E-state index in [-0.39, 0.29) is 29.5 Å². The van der Waals surface area contributed by atoms with Gasteiger partial charge in [0.2, 0.25) is 0 Å². The van der Waals surface area contributed by atoms with Gasteiger partial charge in [0.1, 0.15) is 5.75 Å². The predicted octanol–water partition coefficient (Wildman–Crippen LogP) is 3.23. The third kappa shape index (κ3) is 8.27. The van der Waals surface area contributed by atoms with Crippen molar-refractivity contribution in [2.45, 2.75) is 45.7 Å². The topological polar surface area (TPSA) is 62.9 Å². The van der Waals surface area contributed by atoms with Crippen LogP contribution in [0.15, 0.2) is 29.3 Å². The van der Waals surface area contributed by atoms with Gasteiger partial charge in [-0.25, -0.2) is 0 Å². The fraction of sp³-hybridized carbons (Fsp3) is 0.632. The molecule has 1 heterocycles. The Morgan fingerprint density at radius 2 is 1.84 bits per heavy atom. The van der Waals surface area contributed by atoms with E-state index in [1.165, 1.54) is 18.4 Å². The summed E-state index contributed by atoms with van der Waals surface area (Å²) in [5.41, 5.74) is 7.25. The second-order valence-electron chi connectivity index (χ2n) is 7.67. The van der Waals surface area contributed by atoms with Gasteiger partial charge in [0, 0.05) is 18.6 Å². The Hall–Kier alpha value is -1.02. The molecule has 6 heteroatoms. The van der Waals surface area contributed by atoms with Gasteiger partial charge >= 0.3 is 0 Å². The molecule has 0 radical (unpaired) electrons. The number of rotatable bonds is 5. The average Bonchev–Trinajstić information content (AvgIpc) is 2.53. The summed E-state index contributed by atoms with van der Waals surface area (Å²) < 4.78 is 5.21. The SMILES string of the molecule is COc1ccc(CN2CCC(CN=C(N)NC(C)(C)C)CC2)cc1.I. The summed E-state index contributed by atoms with van der Waals surface area (Å²) in [5.74, 6) is 2.11. The largest absolute Gasteiger partial charge is 0.497 e. The Morgan fingerprint density at radius 3 is 2.36 bits per heavy atom. The summed E-state index contributed by atoms with van der Waals surface area (Å²) in [6, 6.07) is 8.35. The summed E-state index contributed by atoms with van der Waals surface area (Å²) in [6.45, 7) is 10.4. The van der Waals surface area contributed by atoms with E-state index in [9.17, 15) is 0 Å². The quantitative estimate of drug-likeness (QED) is 0.403. The van der Waals surface area contributed by atoms with Crippen molar-refractivity contribution in [2.75, 3.05) is 26.7 Å². The maximum Gasteiger partial charge on any atom is 0.188 e. The standard InChI is InChI=1S/C19H32N4O.HI/c1-19(2,3)22-18(20)21-13-15-9-11-23(12-10-15)14-16-5-7-17(24-4)8-6-16;/h5-8,15H,9-14H2,1-4H3,(H3,20,21,22);1H. The van der Waals surface area contributed by atoms with Crippen molar-refractivity contribution in [3.05, 3.63) is 29.8 Å².